The minimum atomic E-state index is -0.994. The van der Waals surface area contributed by atoms with Gasteiger partial charge in [-0.1, -0.05) is 65.8 Å². The van der Waals surface area contributed by atoms with E-state index in [0.717, 1.165) is 32.5 Å². The number of rotatable bonds is 6. The van der Waals surface area contributed by atoms with Gasteiger partial charge in [-0.25, -0.2) is 4.79 Å². The molecule has 2 aliphatic rings. The Morgan fingerprint density at radius 2 is 1.12 bits per heavy atom. The summed E-state index contributed by atoms with van der Waals surface area (Å²) >= 11 is 14.7. The number of esters is 1. The number of carbonyl (C=O) groups is 2. The highest BCUT2D eigenvalue weighted by molar-refractivity contribution is 9.11. The number of carbonyl (C=O) groups excluding carboxylic acids is 2. The smallest absolute Gasteiger partial charge is 0.345 e. The molecule has 0 bridgehead atoms. The molecular formula is C40H38Br4O6. The molecule has 6 rings (SSSR count). The van der Waals surface area contributed by atoms with Crippen LogP contribution in [0.1, 0.15) is 104 Å². The Balaban J connectivity index is 1.29. The lowest BCUT2D eigenvalue weighted by atomic mass is 9.69. The lowest BCUT2D eigenvalue weighted by molar-refractivity contribution is -0.166. The van der Waals surface area contributed by atoms with Crippen molar-refractivity contribution in [2.45, 2.75) is 83.3 Å². The van der Waals surface area contributed by atoms with Crippen LogP contribution < -0.4 is 18.9 Å². The van der Waals surface area contributed by atoms with Crippen LogP contribution in [0, 0.1) is 0 Å². The van der Waals surface area contributed by atoms with Crippen LogP contribution in [0.5, 0.6) is 23.0 Å². The quantitative estimate of drug-likeness (QED) is 0.109. The fourth-order valence-corrected chi connectivity index (χ4v) is 11.7. The molecule has 0 aromatic heterocycles. The van der Waals surface area contributed by atoms with Crippen molar-refractivity contribution < 1.29 is 28.5 Å². The number of benzene rings is 4. The fraction of sp³-hybridized carbons (Fsp3) is 0.350. The molecule has 0 fully saturated rings. The van der Waals surface area contributed by atoms with Crippen LogP contribution in [0.3, 0.4) is 0 Å². The lowest BCUT2D eigenvalue weighted by Gasteiger charge is -2.52. The molecule has 1 spiro atoms. The molecule has 0 aliphatic carbocycles. The van der Waals surface area contributed by atoms with Crippen LogP contribution in [-0.2, 0) is 16.2 Å². The van der Waals surface area contributed by atoms with Crippen LogP contribution >= 0.6 is 63.7 Å². The van der Waals surface area contributed by atoms with Crippen molar-refractivity contribution in [2.24, 2.45) is 0 Å². The Hall–Kier alpha value is -2.66. The van der Waals surface area contributed by atoms with Gasteiger partial charge < -0.3 is 18.9 Å². The van der Waals surface area contributed by atoms with E-state index in [9.17, 15) is 9.59 Å². The summed E-state index contributed by atoms with van der Waals surface area (Å²) in [5.74, 6) is 0.986. The summed E-state index contributed by atoms with van der Waals surface area (Å²) < 4.78 is 27.4. The number of ether oxygens (including phenoxy) is 4. The maximum absolute atomic E-state index is 13.8. The van der Waals surface area contributed by atoms with Gasteiger partial charge >= 0.3 is 5.97 Å². The van der Waals surface area contributed by atoms with Crippen molar-refractivity contribution in [1.29, 1.82) is 0 Å². The van der Waals surface area contributed by atoms with Crippen molar-refractivity contribution in [3.8, 4) is 23.0 Å². The summed E-state index contributed by atoms with van der Waals surface area (Å²) in [5, 5.41) is 0. The molecule has 2 aliphatic heterocycles. The highest BCUT2D eigenvalue weighted by Crippen LogP contribution is 2.58. The third-order valence-electron chi connectivity index (χ3n) is 9.89. The highest BCUT2D eigenvalue weighted by Gasteiger charge is 2.55. The van der Waals surface area contributed by atoms with Gasteiger partial charge in [-0.05, 0) is 118 Å². The zero-order chi connectivity index (χ0) is 36.6. The average Bonchev–Trinajstić information content (AvgIpc) is 2.99. The first-order valence-electron chi connectivity index (χ1n) is 16.2. The zero-order valence-electron chi connectivity index (χ0n) is 29.1. The summed E-state index contributed by atoms with van der Waals surface area (Å²) in [4.78, 5) is 26.3. The van der Waals surface area contributed by atoms with E-state index in [1.807, 2.05) is 48.5 Å². The standard InChI is InChI=1S/C40H38Br4O6/c1-21(45)30-26(41)17-28-32(34(30)43)37(2,3)19-40(49-28)20-38(4,5)33-29(50-40)18-27(42)31(35(33)44)36(46)48-25-15-11-23(12-16-25)39(6,7)22-9-13-24(47-8)14-10-22/h9-18H,19-20H2,1-8H3. The molecule has 0 saturated heterocycles. The number of halogens is 4. The minimum Gasteiger partial charge on any atom is -0.497 e. The SMILES string of the molecule is COc1ccc(C(C)(C)c2ccc(OC(=O)c3c(Br)cc4c(c3Br)C(C)(C)CC3(CC(C)(C)c5c(cc(Br)c(C(C)=O)c5Br)O3)O4)cc2)cc1. The first-order valence-corrected chi connectivity index (χ1v) is 19.4. The molecule has 4 aromatic carbocycles. The summed E-state index contributed by atoms with van der Waals surface area (Å²) in [5.41, 5.74) is 3.84. The highest BCUT2D eigenvalue weighted by atomic mass is 79.9. The fourth-order valence-electron chi connectivity index (χ4n) is 7.55. The second-order valence-electron chi connectivity index (χ2n) is 14.9. The van der Waals surface area contributed by atoms with Gasteiger partial charge in [0.05, 0.1) is 12.7 Å². The minimum absolute atomic E-state index is 0.0404. The second kappa shape index (κ2) is 13.1. The molecule has 50 heavy (non-hydrogen) atoms. The molecule has 262 valence electrons. The van der Waals surface area contributed by atoms with Crippen LogP contribution in [0.2, 0.25) is 0 Å². The Labute approximate surface area is 327 Å². The van der Waals surface area contributed by atoms with E-state index in [4.69, 9.17) is 18.9 Å². The molecule has 0 saturated carbocycles. The third kappa shape index (κ3) is 6.47. The van der Waals surface area contributed by atoms with E-state index in [1.165, 1.54) is 0 Å². The van der Waals surface area contributed by atoms with Crippen molar-refractivity contribution in [3.05, 3.63) is 112 Å². The number of hydrogen-bond donors (Lipinski definition) is 0. The van der Waals surface area contributed by atoms with Crippen molar-refractivity contribution in [1.82, 2.24) is 0 Å². The van der Waals surface area contributed by atoms with Gasteiger partial charge in [-0.3, -0.25) is 4.79 Å². The molecule has 6 nitrogen and oxygen atoms in total. The van der Waals surface area contributed by atoms with Gasteiger partial charge in [0.1, 0.15) is 23.0 Å². The van der Waals surface area contributed by atoms with E-state index in [1.54, 1.807) is 14.0 Å². The number of methoxy groups -OCH3 is 1. The van der Waals surface area contributed by atoms with Gasteiger partial charge in [0.25, 0.3) is 5.79 Å². The summed E-state index contributed by atoms with van der Waals surface area (Å²) in [6.07, 6.45) is 1.05. The largest absolute Gasteiger partial charge is 0.497 e. The van der Waals surface area contributed by atoms with Crippen molar-refractivity contribution in [3.63, 3.8) is 0 Å². The van der Waals surface area contributed by atoms with Crippen LogP contribution in [0.15, 0.2) is 78.6 Å². The molecule has 0 N–H and O–H groups in total. The van der Waals surface area contributed by atoms with Gasteiger partial charge in [-0.15, -0.1) is 0 Å². The zero-order valence-corrected chi connectivity index (χ0v) is 35.5. The van der Waals surface area contributed by atoms with Crippen LogP contribution in [0.4, 0.5) is 0 Å². The summed E-state index contributed by atoms with van der Waals surface area (Å²) in [7, 11) is 1.66. The average molecular weight is 934 g/mol. The predicted molar refractivity (Wildman–Crippen MR) is 209 cm³/mol. The molecule has 1 unspecified atom stereocenters. The van der Waals surface area contributed by atoms with Crippen molar-refractivity contribution in [2.75, 3.05) is 7.11 Å². The van der Waals surface area contributed by atoms with E-state index in [-0.39, 0.29) is 11.2 Å². The number of ketones is 1. The maximum Gasteiger partial charge on any atom is 0.345 e. The normalized spacial score (nSPS) is 18.7. The second-order valence-corrected chi connectivity index (χ2v) is 18.2. The monoisotopic (exact) mass is 930 g/mol. The molecule has 4 aromatic rings. The lowest BCUT2D eigenvalue weighted by Crippen LogP contribution is -2.56. The first kappa shape index (κ1) is 37.1. The Morgan fingerprint density at radius 1 is 0.700 bits per heavy atom. The number of hydrogen-bond acceptors (Lipinski definition) is 6. The topological polar surface area (TPSA) is 71.1 Å². The predicted octanol–water partition coefficient (Wildman–Crippen LogP) is 12.0. The van der Waals surface area contributed by atoms with E-state index < -0.39 is 22.6 Å². The van der Waals surface area contributed by atoms with Gasteiger partial charge in [-0.2, -0.15) is 0 Å². The number of fused-ring (bicyclic) bond motifs is 2. The molecule has 2 heterocycles. The Morgan fingerprint density at radius 3 is 1.56 bits per heavy atom. The van der Waals surface area contributed by atoms with Crippen molar-refractivity contribution >= 4 is 75.5 Å². The molecule has 0 amide bonds. The van der Waals surface area contributed by atoms with Crippen LogP contribution in [0.25, 0.3) is 0 Å². The third-order valence-corrected chi connectivity index (χ3v) is 12.7. The van der Waals surface area contributed by atoms with E-state index >= 15 is 0 Å². The Kier molecular flexibility index (Phi) is 9.71. The molecular weight excluding hydrogens is 896 g/mol. The molecule has 0 radical (unpaired) electrons. The van der Waals surface area contributed by atoms with Gasteiger partial charge in [0, 0.05) is 63.7 Å². The molecule has 10 heteroatoms. The van der Waals surface area contributed by atoms with Crippen LogP contribution in [-0.4, -0.2) is 24.6 Å². The number of Topliss-reactive ketones (excluding diaryl/α,β-unsaturated/α-hetero) is 1. The molecule has 1 atom stereocenters. The first-order chi connectivity index (χ1) is 23.3. The van der Waals surface area contributed by atoms with Gasteiger partial charge in [0.2, 0.25) is 0 Å². The van der Waals surface area contributed by atoms with Gasteiger partial charge in [0.15, 0.2) is 5.78 Å². The van der Waals surface area contributed by atoms with E-state index in [0.29, 0.717) is 54.6 Å². The van der Waals surface area contributed by atoms with E-state index in [2.05, 4.69) is 117 Å². The summed E-state index contributed by atoms with van der Waals surface area (Å²) in [6.45, 7) is 14.4. The maximum atomic E-state index is 13.8. The summed E-state index contributed by atoms with van der Waals surface area (Å²) in [6, 6.07) is 19.4. The Bertz CT molecular complexity index is 2030.